The second-order valence-electron chi connectivity index (χ2n) is 13.7. The van der Waals surface area contributed by atoms with Crippen LogP contribution in [0.25, 0.3) is 11.1 Å². The highest BCUT2D eigenvalue weighted by Crippen LogP contribution is 2.40. The Hall–Kier alpha value is -4.90. The van der Waals surface area contributed by atoms with Crippen molar-refractivity contribution < 1.29 is 47.8 Å². The molecule has 52 heavy (non-hydrogen) atoms. The number of ether oxygens (including phenoxy) is 6. The molecule has 10 heteroatoms. The third-order valence-corrected chi connectivity index (χ3v) is 9.67. The summed E-state index contributed by atoms with van der Waals surface area (Å²) in [5.74, 6) is 1.99. The van der Waals surface area contributed by atoms with E-state index >= 15 is 0 Å². The first kappa shape index (κ1) is 35.5. The second-order valence-corrected chi connectivity index (χ2v) is 13.7. The molecule has 1 aliphatic carbocycles. The summed E-state index contributed by atoms with van der Waals surface area (Å²) < 4.78 is 33.2. The number of unbranched alkanes of at least 4 members (excludes halogenated alkanes) is 2. The van der Waals surface area contributed by atoms with Crippen molar-refractivity contribution >= 4 is 11.9 Å². The first-order valence-corrected chi connectivity index (χ1v) is 18.0. The van der Waals surface area contributed by atoms with Gasteiger partial charge in [0.2, 0.25) is 0 Å². The highest BCUT2D eigenvalue weighted by atomic mass is 17.2. The minimum atomic E-state index is -0.438. The third-order valence-electron chi connectivity index (χ3n) is 9.67. The lowest BCUT2D eigenvalue weighted by molar-refractivity contribution is -0.217. The Balaban J connectivity index is 0.808. The zero-order valence-electron chi connectivity index (χ0n) is 29.4. The van der Waals surface area contributed by atoms with E-state index in [4.69, 9.17) is 38.2 Å². The first-order valence-electron chi connectivity index (χ1n) is 18.0. The van der Waals surface area contributed by atoms with Crippen molar-refractivity contribution in [1.29, 1.82) is 0 Å². The van der Waals surface area contributed by atoms with Crippen LogP contribution in [0.4, 0.5) is 0 Å². The topological polar surface area (TPSA) is 111 Å². The molecule has 4 aromatic rings. The van der Waals surface area contributed by atoms with Crippen molar-refractivity contribution in [1.82, 2.24) is 0 Å². The summed E-state index contributed by atoms with van der Waals surface area (Å²) in [6.45, 7) is 6.04. The summed E-state index contributed by atoms with van der Waals surface area (Å²) in [7, 11) is 0. The molecule has 0 aromatic heterocycles. The summed E-state index contributed by atoms with van der Waals surface area (Å²) in [4.78, 5) is 36.1. The fourth-order valence-electron chi connectivity index (χ4n) is 6.16. The van der Waals surface area contributed by atoms with E-state index in [1.165, 1.54) is 0 Å². The maximum Gasteiger partial charge on any atom is 0.343 e. The number of hydrogen-bond donors (Lipinski definition) is 0. The van der Waals surface area contributed by atoms with E-state index in [1.807, 2.05) is 60.7 Å². The average Bonchev–Trinajstić information content (AvgIpc) is 3.91. The number of carbonyl (C=O) groups is 2. The zero-order chi connectivity index (χ0) is 35.8. The molecule has 2 fully saturated rings. The van der Waals surface area contributed by atoms with Crippen LogP contribution >= 0.6 is 0 Å². The quantitative estimate of drug-likeness (QED) is 0.0212. The Labute approximate surface area is 303 Å². The van der Waals surface area contributed by atoms with E-state index in [0.29, 0.717) is 75.3 Å². The third kappa shape index (κ3) is 9.30. The van der Waals surface area contributed by atoms with Crippen LogP contribution < -0.4 is 19.1 Å². The molecule has 7 rings (SSSR count). The summed E-state index contributed by atoms with van der Waals surface area (Å²) in [5.41, 5.74) is 5.82. The van der Waals surface area contributed by atoms with Gasteiger partial charge in [-0.25, -0.2) is 4.79 Å². The molecule has 0 saturated carbocycles. The van der Waals surface area contributed by atoms with E-state index < -0.39 is 5.97 Å². The minimum Gasteiger partial charge on any atom is -0.494 e. The molecule has 2 saturated heterocycles. The van der Waals surface area contributed by atoms with Gasteiger partial charge in [-0.3, -0.25) is 4.79 Å². The summed E-state index contributed by atoms with van der Waals surface area (Å²) >= 11 is 0. The largest absolute Gasteiger partial charge is 0.494 e. The molecule has 0 spiro atoms. The Kier molecular flexibility index (Phi) is 11.4. The molecule has 0 bridgehead atoms. The normalized spacial score (nSPS) is 16.2. The van der Waals surface area contributed by atoms with Gasteiger partial charge in [-0.05, 0) is 121 Å². The van der Waals surface area contributed by atoms with Crippen LogP contribution in [-0.2, 0) is 36.9 Å². The second kappa shape index (κ2) is 16.6. The molecule has 272 valence electrons. The highest BCUT2D eigenvalue weighted by Gasteiger charge is 2.38. The Morgan fingerprint density at radius 3 is 2.15 bits per heavy atom. The predicted molar refractivity (Wildman–Crippen MR) is 192 cm³/mol. The number of rotatable bonds is 19. The number of epoxide rings is 1. The molecular weight excluding hydrogens is 664 g/mol. The van der Waals surface area contributed by atoms with Gasteiger partial charge in [0, 0.05) is 6.42 Å². The lowest BCUT2D eigenvalue weighted by Crippen LogP contribution is -2.46. The van der Waals surface area contributed by atoms with Gasteiger partial charge >= 0.3 is 11.9 Å². The highest BCUT2D eigenvalue weighted by molar-refractivity contribution is 5.91. The number of fused-ring (bicyclic) bond motifs is 3. The van der Waals surface area contributed by atoms with Crippen molar-refractivity contribution in [3.8, 4) is 34.1 Å². The molecule has 2 aliphatic heterocycles. The van der Waals surface area contributed by atoms with Crippen LogP contribution in [0.3, 0.4) is 0 Å². The van der Waals surface area contributed by atoms with Crippen LogP contribution in [0.15, 0.2) is 84.9 Å². The lowest BCUT2D eigenvalue weighted by Gasteiger charge is -2.39. The maximum atomic E-state index is 12.9. The van der Waals surface area contributed by atoms with Gasteiger partial charge in [-0.15, -0.1) is 0 Å². The molecule has 4 aromatic carbocycles. The SMILES string of the molecule is CCC1(COC(=O)CCCCCOc2ccc(C(=O)Oc3ccc4c(c3)Cc3cc(OOCc5ccc(OCC6CO6)cc5)ccc3-4)cc2)COC1. The molecule has 1 unspecified atom stereocenters. The van der Waals surface area contributed by atoms with Crippen molar-refractivity contribution in [2.75, 3.05) is 39.6 Å². The van der Waals surface area contributed by atoms with Gasteiger partial charge in [-0.2, -0.15) is 4.89 Å². The van der Waals surface area contributed by atoms with Gasteiger partial charge in [0.15, 0.2) is 5.75 Å². The number of hydrogen-bond acceptors (Lipinski definition) is 10. The van der Waals surface area contributed by atoms with Gasteiger partial charge in [0.1, 0.15) is 43.2 Å². The number of esters is 2. The van der Waals surface area contributed by atoms with E-state index in [9.17, 15) is 9.59 Å². The van der Waals surface area contributed by atoms with Gasteiger partial charge in [-0.1, -0.05) is 31.2 Å². The summed E-state index contributed by atoms with van der Waals surface area (Å²) in [6.07, 6.45) is 4.70. The lowest BCUT2D eigenvalue weighted by atomic mass is 9.84. The van der Waals surface area contributed by atoms with Crippen molar-refractivity contribution in [3.05, 3.63) is 107 Å². The van der Waals surface area contributed by atoms with Crippen molar-refractivity contribution in [2.45, 2.75) is 58.2 Å². The monoisotopic (exact) mass is 708 g/mol. The average molecular weight is 709 g/mol. The Morgan fingerprint density at radius 1 is 0.788 bits per heavy atom. The molecule has 0 N–H and O–H groups in total. The van der Waals surface area contributed by atoms with Crippen LogP contribution in [0.5, 0.6) is 23.0 Å². The maximum absolute atomic E-state index is 12.9. The van der Waals surface area contributed by atoms with Crippen LogP contribution in [-0.4, -0.2) is 57.7 Å². The zero-order valence-corrected chi connectivity index (χ0v) is 29.4. The van der Waals surface area contributed by atoms with E-state index in [-0.39, 0.29) is 17.5 Å². The van der Waals surface area contributed by atoms with Crippen LogP contribution in [0.2, 0.25) is 0 Å². The number of carbonyl (C=O) groups excluding carboxylic acids is 2. The molecule has 10 nitrogen and oxygen atoms in total. The first-order chi connectivity index (χ1) is 25.4. The number of benzene rings is 4. The van der Waals surface area contributed by atoms with Crippen LogP contribution in [0, 0.1) is 5.41 Å². The molecule has 1 atom stereocenters. The Bertz CT molecular complexity index is 1820. The fraction of sp³-hybridized carbons (Fsp3) is 0.381. The molecule has 3 aliphatic rings. The van der Waals surface area contributed by atoms with E-state index in [1.54, 1.807) is 24.3 Å². The van der Waals surface area contributed by atoms with E-state index in [2.05, 4.69) is 6.92 Å². The van der Waals surface area contributed by atoms with Gasteiger partial charge in [0.05, 0.1) is 37.4 Å². The predicted octanol–water partition coefficient (Wildman–Crippen LogP) is 7.67. The molecule has 0 amide bonds. The smallest absolute Gasteiger partial charge is 0.343 e. The van der Waals surface area contributed by atoms with Gasteiger partial charge in [0.25, 0.3) is 0 Å². The van der Waals surface area contributed by atoms with Crippen LogP contribution in [0.1, 0.15) is 66.1 Å². The minimum absolute atomic E-state index is 0.0155. The fourth-order valence-corrected chi connectivity index (χ4v) is 6.16. The molecule has 0 radical (unpaired) electrons. The van der Waals surface area contributed by atoms with Crippen molar-refractivity contribution in [2.24, 2.45) is 5.41 Å². The Morgan fingerprint density at radius 2 is 1.46 bits per heavy atom. The summed E-state index contributed by atoms with van der Waals surface area (Å²) in [6, 6.07) is 26.3. The standard InChI is InChI=1S/C42H44O10/c1-2-42(26-45-27-42)28-49-40(43)6-4-3-5-19-46-33-13-9-30(10-14-33)41(44)51-35-15-17-38-31(21-35)20-32-22-36(16-18-39(32)38)52-50-23-29-7-11-34(12-8-29)47-24-37-25-48-37/h7-18,21-22,37H,2-6,19-20,23-28H2,1H3. The van der Waals surface area contributed by atoms with E-state index in [0.717, 1.165) is 65.9 Å². The van der Waals surface area contributed by atoms with Crippen molar-refractivity contribution in [3.63, 3.8) is 0 Å². The van der Waals surface area contributed by atoms with Gasteiger partial charge < -0.3 is 33.3 Å². The molecule has 2 heterocycles. The summed E-state index contributed by atoms with van der Waals surface area (Å²) in [5, 5.41) is 0. The molecular formula is C42H44O10.